The Kier molecular flexibility index (Phi) is 3.45. The monoisotopic (exact) mass is 259 g/mol. The zero-order valence-corrected chi connectivity index (χ0v) is 11.5. The lowest BCUT2D eigenvalue weighted by molar-refractivity contribution is -0.140. The molecule has 0 spiro atoms. The number of rotatable bonds is 3. The minimum atomic E-state index is -0.307. The Labute approximate surface area is 114 Å². The van der Waals surface area contributed by atoms with Gasteiger partial charge >= 0.3 is 0 Å². The van der Waals surface area contributed by atoms with Crippen LogP contribution in [0.2, 0.25) is 0 Å². The molecule has 0 aromatic heterocycles. The average Bonchev–Trinajstić information content (AvgIpc) is 3.08. The van der Waals surface area contributed by atoms with Gasteiger partial charge < -0.3 is 9.64 Å². The van der Waals surface area contributed by atoms with Crippen LogP contribution >= 0.6 is 0 Å². The standard InChI is InChI=1S/C16H21NO2/c1-2-17(13-8-4-5-9-13)16(18)15-11-12-7-3-6-10-14(12)19-15/h3,6-7,10,13,15H,2,4-5,8-9,11H2,1H3. The second kappa shape index (κ2) is 5.24. The number of fused-ring (bicyclic) bond motifs is 1. The molecule has 3 nitrogen and oxygen atoms in total. The summed E-state index contributed by atoms with van der Waals surface area (Å²) in [5.41, 5.74) is 1.16. The van der Waals surface area contributed by atoms with Gasteiger partial charge in [-0.05, 0) is 31.4 Å². The van der Waals surface area contributed by atoms with Crippen LogP contribution < -0.4 is 4.74 Å². The zero-order valence-electron chi connectivity index (χ0n) is 11.5. The van der Waals surface area contributed by atoms with Gasteiger partial charge in [0.15, 0.2) is 6.10 Å². The number of carbonyl (C=O) groups excluding carboxylic acids is 1. The van der Waals surface area contributed by atoms with E-state index in [2.05, 4.69) is 13.0 Å². The number of benzene rings is 1. The van der Waals surface area contributed by atoms with Crippen LogP contribution in [0.5, 0.6) is 5.75 Å². The van der Waals surface area contributed by atoms with Crippen LogP contribution in [0.4, 0.5) is 0 Å². The van der Waals surface area contributed by atoms with E-state index >= 15 is 0 Å². The third-order valence-corrected chi connectivity index (χ3v) is 4.31. The van der Waals surface area contributed by atoms with Gasteiger partial charge in [-0.2, -0.15) is 0 Å². The van der Waals surface area contributed by atoms with E-state index in [0.717, 1.165) is 37.1 Å². The summed E-state index contributed by atoms with van der Waals surface area (Å²) in [4.78, 5) is 14.7. The second-order valence-corrected chi connectivity index (χ2v) is 5.48. The summed E-state index contributed by atoms with van der Waals surface area (Å²) < 4.78 is 5.82. The van der Waals surface area contributed by atoms with Crippen LogP contribution in [0.25, 0.3) is 0 Å². The van der Waals surface area contributed by atoms with E-state index in [1.165, 1.54) is 12.8 Å². The van der Waals surface area contributed by atoms with E-state index in [4.69, 9.17) is 4.74 Å². The first kappa shape index (κ1) is 12.5. The van der Waals surface area contributed by atoms with Gasteiger partial charge in [0, 0.05) is 19.0 Å². The summed E-state index contributed by atoms with van der Waals surface area (Å²) in [5.74, 6) is 1.05. The molecule has 2 aliphatic rings. The highest BCUT2D eigenvalue weighted by Crippen LogP contribution is 2.31. The van der Waals surface area contributed by atoms with Gasteiger partial charge in [0.2, 0.25) is 0 Å². The fourth-order valence-electron chi connectivity index (χ4n) is 3.31. The Morgan fingerprint density at radius 1 is 1.32 bits per heavy atom. The number of para-hydroxylation sites is 1. The van der Waals surface area contributed by atoms with Crippen LogP contribution in [-0.4, -0.2) is 29.5 Å². The lowest BCUT2D eigenvalue weighted by Crippen LogP contribution is -2.46. The Morgan fingerprint density at radius 2 is 2.05 bits per heavy atom. The first-order valence-electron chi connectivity index (χ1n) is 7.34. The van der Waals surface area contributed by atoms with Crippen molar-refractivity contribution in [3.8, 4) is 5.75 Å². The molecule has 102 valence electrons. The highest BCUT2D eigenvalue weighted by molar-refractivity contribution is 5.83. The lowest BCUT2D eigenvalue weighted by Gasteiger charge is -2.29. The summed E-state index contributed by atoms with van der Waals surface area (Å²) in [7, 11) is 0. The molecule has 1 fully saturated rings. The fraction of sp³-hybridized carbons (Fsp3) is 0.562. The minimum Gasteiger partial charge on any atom is -0.480 e. The summed E-state index contributed by atoms with van der Waals surface area (Å²) in [6, 6.07) is 8.40. The minimum absolute atomic E-state index is 0.172. The van der Waals surface area contributed by atoms with Crippen molar-refractivity contribution in [2.75, 3.05) is 6.54 Å². The number of nitrogens with zero attached hydrogens (tertiary/aromatic N) is 1. The molecule has 3 heteroatoms. The van der Waals surface area contributed by atoms with Crippen LogP contribution in [0.1, 0.15) is 38.2 Å². The van der Waals surface area contributed by atoms with Gasteiger partial charge in [-0.3, -0.25) is 4.79 Å². The summed E-state index contributed by atoms with van der Waals surface area (Å²) in [6.07, 6.45) is 5.22. The van der Waals surface area contributed by atoms with E-state index in [1.54, 1.807) is 0 Å². The van der Waals surface area contributed by atoms with Crippen LogP contribution in [0.15, 0.2) is 24.3 Å². The molecule has 0 saturated heterocycles. The Morgan fingerprint density at radius 3 is 2.74 bits per heavy atom. The average molecular weight is 259 g/mol. The van der Waals surface area contributed by atoms with Crippen molar-refractivity contribution in [3.63, 3.8) is 0 Å². The molecule has 1 aliphatic carbocycles. The molecular formula is C16H21NO2. The Balaban J connectivity index is 1.71. The van der Waals surface area contributed by atoms with Gasteiger partial charge in [-0.1, -0.05) is 31.0 Å². The number of carbonyl (C=O) groups is 1. The Bertz CT molecular complexity index is 441. The fourth-order valence-corrected chi connectivity index (χ4v) is 3.31. The summed E-state index contributed by atoms with van der Waals surface area (Å²) in [5, 5.41) is 0. The smallest absolute Gasteiger partial charge is 0.264 e. The first-order valence-corrected chi connectivity index (χ1v) is 7.34. The van der Waals surface area contributed by atoms with E-state index in [1.807, 2.05) is 23.1 Å². The van der Waals surface area contributed by atoms with Gasteiger partial charge in [-0.15, -0.1) is 0 Å². The number of likely N-dealkylation sites (N-methyl/N-ethyl adjacent to an activating group) is 1. The van der Waals surface area contributed by atoms with Crippen molar-refractivity contribution in [1.29, 1.82) is 0 Å². The first-order chi connectivity index (χ1) is 9.29. The van der Waals surface area contributed by atoms with E-state index in [0.29, 0.717) is 6.04 Å². The van der Waals surface area contributed by atoms with Crippen molar-refractivity contribution in [2.45, 2.75) is 51.2 Å². The van der Waals surface area contributed by atoms with Gasteiger partial charge in [-0.25, -0.2) is 0 Å². The molecule has 1 heterocycles. The molecule has 1 aliphatic heterocycles. The third-order valence-electron chi connectivity index (χ3n) is 4.31. The van der Waals surface area contributed by atoms with Gasteiger partial charge in [0.05, 0.1) is 0 Å². The van der Waals surface area contributed by atoms with Crippen LogP contribution in [0, 0.1) is 0 Å². The van der Waals surface area contributed by atoms with Crippen molar-refractivity contribution in [2.24, 2.45) is 0 Å². The molecular weight excluding hydrogens is 238 g/mol. The lowest BCUT2D eigenvalue weighted by atomic mass is 10.1. The molecule has 0 N–H and O–H groups in total. The molecule has 1 aromatic carbocycles. The Hall–Kier alpha value is -1.51. The summed E-state index contributed by atoms with van der Waals surface area (Å²) >= 11 is 0. The van der Waals surface area contributed by atoms with Crippen LogP contribution in [0.3, 0.4) is 0 Å². The van der Waals surface area contributed by atoms with Gasteiger partial charge in [0.1, 0.15) is 5.75 Å². The third kappa shape index (κ3) is 2.34. The maximum absolute atomic E-state index is 12.6. The van der Waals surface area contributed by atoms with E-state index in [-0.39, 0.29) is 12.0 Å². The number of hydrogen-bond donors (Lipinski definition) is 0. The maximum atomic E-state index is 12.6. The summed E-state index contributed by atoms with van der Waals surface area (Å²) in [6.45, 7) is 2.86. The van der Waals surface area contributed by atoms with Gasteiger partial charge in [0.25, 0.3) is 5.91 Å². The maximum Gasteiger partial charge on any atom is 0.264 e. The SMILES string of the molecule is CCN(C(=O)C1Cc2ccccc2O1)C1CCCC1. The molecule has 0 radical (unpaired) electrons. The molecule has 3 rings (SSSR count). The largest absolute Gasteiger partial charge is 0.480 e. The predicted octanol–water partition coefficient (Wildman–Crippen LogP) is 2.78. The molecule has 19 heavy (non-hydrogen) atoms. The van der Waals surface area contributed by atoms with E-state index < -0.39 is 0 Å². The molecule has 0 bridgehead atoms. The second-order valence-electron chi connectivity index (χ2n) is 5.48. The van der Waals surface area contributed by atoms with Crippen molar-refractivity contribution in [3.05, 3.63) is 29.8 Å². The topological polar surface area (TPSA) is 29.5 Å². The highest BCUT2D eigenvalue weighted by atomic mass is 16.5. The molecule has 1 unspecified atom stereocenters. The number of ether oxygens (including phenoxy) is 1. The number of hydrogen-bond acceptors (Lipinski definition) is 2. The van der Waals surface area contributed by atoms with Crippen molar-refractivity contribution >= 4 is 5.91 Å². The molecule has 1 atom stereocenters. The van der Waals surface area contributed by atoms with Crippen LogP contribution in [-0.2, 0) is 11.2 Å². The van der Waals surface area contributed by atoms with Crippen molar-refractivity contribution < 1.29 is 9.53 Å². The molecule has 1 aromatic rings. The zero-order chi connectivity index (χ0) is 13.2. The van der Waals surface area contributed by atoms with Crippen molar-refractivity contribution in [1.82, 2.24) is 4.90 Å². The highest BCUT2D eigenvalue weighted by Gasteiger charge is 2.35. The number of amides is 1. The molecule has 1 amide bonds. The molecule has 1 saturated carbocycles. The normalized spacial score (nSPS) is 22.1. The van der Waals surface area contributed by atoms with E-state index in [9.17, 15) is 4.79 Å². The predicted molar refractivity (Wildman–Crippen MR) is 74.2 cm³/mol. The quantitative estimate of drug-likeness (QED) is 0.835.